The Kier molecular flexibility index (Phi) is 18.1. The maximum absolute atomic E-state index is 14.2. The lowest BCUT2D eigenvalue weighted by Crippen LogP contribution is -2.57. The van der Waals surface area contributed by atoms with Crippen LogP contribution in [0.25, 0.3) is 10.4 Å². The lowest BCUT2D eigenvalue weighted by atomic mass is 9.85. The first-order valence-corrected chi connectivity index (χ1v) is 25.5. The highest BCUT2D eigenvalue weighted by molar-refractivity contribution is 7.13. The number of primary amides is 1. The quantitative estimate of drug-likeness (QED) is 0.0823. The Morgan fingerprint density at radius 2 is 1.68 bits per heavy atom. The van der Waals surface area contributed by atoms with E-state index in [1.54, 1.807) is 22.3 Å². The second-order valence-electron chi connectivity index (χ2n) is 20.0. The molecule has 3 aromatic rings. The van der Waals surface area contributed by atoms with Gasteiger partial charge in [0.2, 0.25) is 35.4 Å². The van der Waals surface area contributed by atoms with E-state index in [0.717, 1.165) is 59.4 Å². The van der Waals surface area contributed by atoms with E-state index in [2.05, 4.69) is 20.9 Å². The number of halogens is 1. The van der Waals surface area contributed by atoms with Crippen molar-refractivity contribution in [3.63, 3.8) is 0 Å². The molecule has 0 spiro atoms. The Morgan fingerprint density at radius 1 is 0.956 bits per heavy atom. The van der Waals surface area contributed by atoms with Crippen LogP contribution in [0, 0.1) is 18.3 Å². The number of carbonyl (C=O) groups excluding carboxylic acids is 6. The van der Waals surface area contributed by atoms with Gasteiger partial charge in [-0.25, -0.2) is 4.98 Å². The van der Waals surface area contributed by atoms with Crippen molar-refractivity contribution in [1.82, 2.24) is 30.7 Å². The molecule has 4 heterocycles. The summed E-state index contributed by atoms with van der Waals surface area (Å²) in [5.74, 6) is -1.58. The van der Waals surface area contributed by atoms with E-state index in [1.807, 2.05) is 83.5 Å². The number of aryl methyl sites for hydroxylation is 2. The van der Waals surface area contributed by atoms with Gasteiger partial charge in [0.25, 0.3) is 0 Å². The number of thiazole rings is 1. The fraction of sp³-hybridized carbons (Fsp3) is 0.588. The third-order valence-corrected chi connectivity index (χ3v) is 15.0. The minimum absolute atomic E-state index is 0.0214. The highest BCUT2D eigenvalue weighted by Crippen LogP contribution is 2.34. The number of aliphatic hydroxyl groups excluding tert-OH is 1. The lowest BCUT2D eigenvalue weighted by Gasteiger charge is -2.35. The molecule has 0 unspecified atom stereocenters. The summed E-state index contributed by atoms with van der Waals surface area (Å²) < 4.78 is 6.17. The van der Waals surface area contributed by atoms with Gasteiger partial charge in [0.15, 0.2) is 0 Å². The maximum atomic E-state index is 14.2. The summed E-state index contributed by atoms with van der Waals surface area (Å²) >= 11 is 8.42. The van der Waals surface area contributed by atoms with Crippen LogP contribution in [0.15, 0.2) is 48.0 Å². The number of ether oxygens (including phenoxy) is 1. The van der Waals surface area contributed by atoms with E-state index < -0.39 is 47.5 Å². The van der Waals surface area contributed by atoms with Gasteiger partial charge in [0.1, 0.15) is 30.5 Å². The van der Waals surface area contributed by atoms with Gasteiger partial charge in [0.05, 0.1) is 39.3 Å². The number of hydrogen-bond acceptors (Lipinski definition) is 10. The molecule has 0 radical (unpaired) electrons. The number of carbonyl (C=O) groups is 6. The first kappa shape index (κ1) is 52.3. The molecule has 3 saturated heterocycles. The second kappa shape index (κ2) is 23.5. The van der Waals surface area contributed by atoms with Crippen molar-refractivity contribution in [2.45, 2.75) is 167 Å². The zero-order chi connectivity index (χ0) is 49.3. The summed E-state index contributed by atoms with van der Waals surface area (Å²) in [6.45, 7) is 11.3. The van der Waals surface area contributed by atoms with E-state index in [9.17, 15) is 33.9 Å². The van der Waals surface area contributed by atoms with Gasteiger partial charge >= 0.3 is 0 Å². The van der Waals surface area contributed by atoms with Crippen molar-refractivity contribution in [2.75, 3.05) is 13.2 Å². The summed E-state index contributed by atoms with van der Waals surface area (Å²) in [6.07, 6.45) is 6.36. The van der Waals surface area contributed by atoms with Crippen LogP contribution >= 0.6 is 22.9 Å². The van der Waals surface area contributed by atoms with Crippen LogP contribution in [0.3, 0.4) is 0 Å². The molecule has 8 atom stereocenters. The average molecular weight is 977 g/mol. The molecule has 6 N–H and O–H groups in total. The average Bonchev–Trinajstić information content (AvgIpc) is 4.04. The minimum atomic E-state index is -0.948. The topological polar surface area (TPSA) is 213 Å². The predicted octanol–water partition coefficient (Wildman–Crippen LogP) is 6.55. The van der Waals surface area contributed by atoms with Crippen LogP contribution in [0.4, 0.5) is 0 Å². The van der Waals surface area contributed by atoms with Crippen molar-refractivity contribution in [3.8, 4) is 16.2 Å². The van der Waals surface area contributed by atoms with Gasteiger partial charge in [-0.15, -0.1) is 11.3 Å². The van der Waals surface area contributed by atoms with Crippen molar-refractivity contribution < 1.29 is 38.6 Å². The number of likely N-dealkylation sites (tertiary alicyclic amines) is 1. The smallest absolute Gasteiger partial charge is 0.246 e. The summed E-state index contributed by atoms with van der Waals surface area (Å²) in [6, 6.07) is 10.0. The monoisotopic (exact) mass is 975 g/mol. The van der Waals surface area contributed by atoms with Gasteiger partial charge in [-0.2, -0.15) is 0 Å². The summed E-state index contributed by atoms with van der Waals surface area (Å²) in [4.78, 5) is 88.9. The molecule has 3 fully saturated rings. The van der Waals surface area contributed by atoms with E-state index in [4.69, 9.17) is 22.1 Å². The molecule has 68 heavy (non-hydrogen) atoms. The lowest BCUT2D eigenvalue weighted by molar-refractivity contribution is -0.144. The van der Waals surface area contributed by atoms with Crippen LogP contribution in [0.5, 0.6) is 5.75 Å². The molecule has 370 valence electrons. The Balaban J connectivity index is 0.997. The Morgan fingerprint density at radius 3 is 2.37 bits per heavy atom. The number of nitrogens with zero attached hydrogens (tertiary/aromatic N) is 3. The fourth-order valence-corrected chi connectivity index (χ4v) is 10.8. The van der Waals surface area contributed by atoms with Gasteiger partial charge in [-0.05, 0) is 93.4 Å². The summed E-state index contributed by atoms with van der Waals surface area (Å²) in [5.41, 5.74) is 10.3. The maximum Gasteiger partial charge on any atom is 0.246 e. The van der Waals surface area contributed by atoms with Gasteiger partial charge in [-0.3, -0.25) is 28.8 Å². The van der Waals surface area contributed by atoms with Gasteiger partial charge in [0, 0.05) is 37.8 Å². The number of nitrogens with one attached hydrogen (secondary N) is 3. The molecule has 2 aromatic carbocycles. The largest absolute Gasteiger partial charge is 0.490 e. The van der Waals surface area contributed by atoms with E-state index >= 15 is 0 Å². The number of aliphatic hydroxyl groups is 1. The number of fused-ring (bicyclic) bond motifs is 1. The molecule has 0 saturated carbocycles. The molecule has 15 nitrogen and oxygen atoms in total. The fourth-order valence-electron chi connectivity index (χ4n) is 9.68. The number of β-amino-alcohol motifs (C(OH)–C–C–N with tert-alkyl or cyclic N) is 1. The number of rotatable bonds is 19. The highest BCUT2D eigenvalue weighted by Gasteiger charge is 2.45. The zero-order valence-electron chi connectivity index (χ0n) is 40.4. The second-order valence-corrected chi connectivity index (χ2v) is 21.3. The molecule has 0 aliphatic carbocycles. The summed E-state index contributed by atoms with van der Waals surface area (Å²) in [5, 5.41) is 20.1. The molecule has 6 rings (SSSR count). The molecule has 6 amide bonds. The first-order chi connectivity index (χ1) is 32.3. The normalized spacial score (nSPS) is 22.1. The Hall–Kier alpha value is -5.06. The van der Waals surface area contributed by atoms with Crippen LogP contribution in [-0.4, -0.2) is 105 Å². The first-order valence-electron chi connectivity index (χ1n) is 24.2. The Bertz CT molecular complexity index is 2270. The highest BCUT2D eigenvalue weighted by atomic mass is 35.5. The number of hydrogen-bond donors (Lipinski definition) is 5. The molecule has 0 bridgehead atoms. The standard InChI is InChI=1S/C51H70ClN7O8S/c1-30-12-7-9-15-37-23-24-39(59(37)49(30)65)47(63)56-36(22-25-42(53)61)28-67-41-16-11-14-34(44(41)52)13-8-10-17-43(62)57-46(51(4,5)6)50(66)58-27-38(60)26-40(58)48(64)55-31(2)33-18-20-35(21-19-33)45-32(3)54-29-68-45/h11,14,16,18-21,29-31,36-40,46,60H,7-10,12-13,15,17,22-28H2,1-6H3,(H2,53,61)(H,55,64)(H,56,63)(H,57,62)/t30-,31-,36-,37-,38+,39-,40-,46+/m0/s1. The molecule has 1 aromatic heterocycles. The molecule has 3 aliphatic heterocycles. The van der Waals surface area contributed by atoms with Crippen molar-refractivity contribution in [3.05, 3.63) is 69.8 Å². The summed E-state index contributed by atoms with van der Waals surface area (Å²) in [7, 11) is 0. The van der Waals surface area contributed by atoms with Crippen molar-refractivity contribution >= 4 is 58.4 Å². The third kappa shape index (κ3) is 13.4. The Labute approximate surface area is 409 Å². The number of benzene rings is 2. The van der Waals surface area contributed by atoms with Gasteiger partial charge in [-0.1, -0.05) is 88.5 Å². The number of amides is 6. The van der Waals surface area contributed by atoms with Crippen molar-refractivity contribution in [2.24, 2.45) is 17.1 Å². The predicted molar refractivity (Wildman–Crippen MR) is 263 cm³/mol. The number of aromatic nitrogens is 1. The van der Waals surface area contributed by atoms with E-state index in [1.165, 1.54) is 4.90 Å². The zero-order valence-corrected chi connectivity index (χ0v) is 41.9. The molecule has 17 heteroatoms. The molecule has 3 aliphatic rings. The number of unbranched alkanes of at least 4 members (excludes halogenated alkanes) is 1. The third-order valence-electron chi connectivity index (χ3n) is 13.6. The van der Waals surface area contributed by atoms with Crippen LogP contribution < -0.4 is 26.4 Å². The van der Waals surface area contributed by atoms with Crippen molar-refractivity contribution in [1.29, 1.82) is 0 Å². The van der Waals surface area contributed by atoms with E-state index in [0.29, 0.717) is 36.5 Å². The van der Waals surface area contributed by atoms with E-state index in [-0.39, 0.29) is 80.5 Å². The van der Waals surface area contributed by atoms with Gasteiger partial charge < -0.3 is 41.3 Å². The SMILES string of the molecule is Cc1ncsc1-c1ccc([C@H](C)NC(=O)[C@@H]2C[C@@H](O)CN2C(=O)[C@@H](NC(=O)CCCCc2cccc(OC[C@H](CCC(N)=O)NC(=O)[C@@H]3CC[C@@H]4CCCC[C@H](C)C(=O)N43)c2Cl)C(C)(C)C)cc1. The van der Waals surface area contributed by atoms with Crippen LogP contribution in [-0.2, 0) is 35.2 Å². The molecular formula is C51H70ClN7O8S. The minimum Gasteiger partial charge on any atom is -0.490 e. The van der Waals surface area contributed by atoms with Crippen LogP contribution in [0.1, 0.15) is 135 Å². The van der Waals surface area contributed by atoms with Crippen LogP contribution in [0.2, 0.25) is 5.02 Å². The number of nitrogens with two attached hydrogens (primary N) is 1. The molecular weight excluding hydrogens is 906 g/mol.